The maximum atomic E-state index is 14.3. The zero-order valence-corrected chi connectivity index (χ0v) is 25.6. The SMILES string of the molecule is O=C([C@H](Cc1ccc(C(F)(F)F)cc1)NC(=O)C1(c2ccc(Cl)cc2Cl)CC1)N1C2CCC1CC(NCc1ccccc1)C2. The Morgan fingerprint density at radius 1 is 0.909 bits per heavy atom. The highest BCUT2D eigenvalue weighted by Gasteiger charge is 2.54. The van der Waals surface area contributed by atoms with Crippen LogP contribution in [-0.4, -0.2) is 40.9 Å². The normalized spacial score (nSPS) is 22.8. The van der Waals surface area contributed by atoms with Crippen LogP contribution in [0.3, 0.4) is 0 Å². The first-order chi connectivity index (χ1) is 21.0. The van der Waals surface area contributed by atoms with Crippen molar-refractivity contribution in [2.24, 2.45) is 0 Å². The van der Waals surface area contributed by atoms with Crippen molar-refractivity contribution in [3.8, 4) is 0 Å². The van der Waals surface area contributed by atoms with Crippen molar-refractivity contribution in [1.82, 2.24) is 15.5 Å². The number of amides is 2. The zero-order chi connectivity index (χ0) is 31.1. The number of fused-ring (bicyclic) bond motifs is 2. The van der Waals surface area contributed by atoms with Crippen molar-refractivity contribution in [2.45, 2.75) is 87.2 Å². The summed E-state index contributed by atoms with van der Waals surface area (Å²) in [5.41, 5.74) is 0.774. The second kappa shape index (κ2) is 12.4. The van der Waals surface area contributed by atoms with Crippen LogP contribution in [0.4, 0.5) is 13.2 Å². The molecule has 3 atom stereocenters. The molecule has 2 bridgehead atoms. The van der Waals surface area contributed by atoms with E-state index in [1.54, 1.807) is 18.2 Å². The Balaban J connectivity index is 1.21. The molecule has 2 N–H and O–H groups in total. The first kappa shape index (κ1) is 30.9. The summed E-state index contributed by atoms with van der Waals surface area (Å²) in [7, 11) is 0. The Hall–Kier alpha value is -3.07. The lowest BCUT2D eigenvalue weighted by Gasteiger charge is -2.41. The smallest absolute Gasteiger partial charge is 0.343 e. The van der Waals surface area contributed by atoms with Gasteiger partial charge in [0, 0.05) is 41.1 Å². The van der Waals surface area contributed by atoms with Crippen LogP contribution in [0.2, 0.25) is 10.0 Å². The van der Waals surface area contributed by atoms with Gasteiger partial charge >= 0.3 is 6.18 Å². The fourth-order valence-electron chi connectivity index (χ4n) is 6.92. The van der Waals surface area contributed by atoms with Crippen molar-refractivity contribution in [1.29, 1.82) is 0 Å². The van der Waals surface area contributed by atoms with Gasteiger partial charge in [-0.25, -0.2) is 0 Å². The molecule has 0 spiro atoms. The second-order valence-electron chi connectivity index (χ2n) is 12.3. The van der Waals surface area contributed by atoms with E-state index < -0.39 is 23.2 Å². The highest BCUT2D eigenvalue weighted by atomic mass is 35.5. The minimum Gasteiger partial charge on any atom is -0.343 e. The molecule has 232 valence electrons. The molecule has 3 fully saturated rings. The van der Waals surface area contributed by atoms with Gasteiger partial charge in [0.05, 0.1) is 11.0 Å². The van der Waals surface area contributed by atoms with Gasteiger partial charge in [-0.2, -0.15) is 13.2 Å². The molecule has 0 radical (unpaired) electrons. The lowest BCUT2D eigenvalue weighted by atomic mass is 9.92. The van der Waals surface area contributed by atoms with E-state index in [-0.39, 0.29) is 36.4 Å². The molecule has 2 heterocycles. The molecule has 5 nitrogen and oxygen atoms in total. The lowest BCUT2D eigenvalue weighted by molar-refractivity contribution is -0.141. The first-order valence-corrected chi connectivity index (χ1v) is 15.8. The molecule has 1 aliphatic carbocycles. The third-order valence-electron chi connectivity index (χ3n) is 9.38. The largest absolute Gasteiger partial charge is 0.416 e. The number of nitrogens with zero attached hydrogens (tertiary/aromatic N) is 1. The Morgan fingerprint density at radius 3 is 2.16 bits per heavy atom. The number of nitrogens with one attached hydrogen (secondary N) is 2. The molecule has 44 heavy (non-hydrogen) atoms. The lowest BCUT2D eigenvalue weighted by Crippen LogP contribution is -2.58. The van der Waals surface area contributed by atoms with Crippen LogP contribution in [-0.2, 0) is 34.1 Å². The Bertz CT molecular complexity index is 1500. The number of rotatable bonds is 9. The summed E-state index contributed by atoms with van der Waals surface area (Å²) in [4.78, 5) is 30.1. The van der Waals surface area contributed by atoms with Crippen LogP contribution in [0, 0.1) is 0 Å². The molecule has 2 aliphatic heterocycles. The molecule has 6 rings (SSSR count). The summed E-state index contributed by atoms with van der Waals surface area (Å²) in [6, 6.07) is 19.4. The molecule has 3 aromatic rings. The highest BCUT2D eigenvalue weighted by molar-refractivity contribution is 6.35. The van der Waals surface area contributed by atoms with E-state index in [9.17, 15) is 22.8 Å². The van der Waals surface area contributed by atoms with Crippen molar-refractivity contribution in [3.63, 3.8) is 0 Å². The van der Waals surface area contributed by atoms with Crippen LogP contribution >= 0.6 is 23.2 Å². The predicted molar refractivity (Wildman–Crippen MR) is 164 cm³/mol. The van der Waals surface area contributed by atoms with E-state index in [1.807, 2.05) is 23.1 Å². The minimum absolute atomic E-state index is 0.0297. The monoisotopic (exact) mass is 643 g/mol. The quantitative estimate of drug-likeness (QED) is 0.262. The Morgan fingerprint density at radius 2 is 1.57 bits per heavy atom. The summed E-state index contributed by atoms with van der Waals surface area (Å²) in [6.45, 7) is 0.751. The molecule has 2 amide bonds. The number of halogens is 5. The number of carbonyl (C=O) groups excluding carboxylic acids is 2. The molecule has 3 aliphatic rings. The topological polar surface area (TPSA) is 61.4 Å². The fourth-order valence-corrected chi connectivity index (χ4v) is 7.51. The van der Waals surface area contributed by atoms with E-state index in [2.05, 4.69) is 22.8 Å². The average molecular weight is 645 g/mol. The molecular formula is C34H34Cl2F3N3O2. The van der Waals surface area contributed by atoms with E-state index >= 15 is 0 Å². The second-order valence-corrected chi connectivity index (χ2v) is 13.1. The van der Waals surface area contributed by atoms with Crippen molar-refractivity contribution in [2.75, 3.05) is 0 Å². The van der Waals surface area contributed by atoms with Crippen molar-refractivity contribution in [3.05, 3.63) is 105 Å². The summed E-state index contributed by atoms with van der Waals surface area (Å²) in [5.74, 6) is -0.496. The van der Waals surface area contributed by atoms with Gasteiger partial charge in [-0.15, -0.1) is 0 Å². The van der Waals surface area contributed by atoms with E-state index in [0.29, 0.717) is 34.0 Å². The summed E-state index contributed by atoms with van der Waals surface area (Å²) >= 11 is 12.6. The number of hydrogen-bond donors (Lipinski definition) is 2. The molecule has 2 unspecified atom stereocenters. The zero-order valence-electron chi connectivity index (χ0n) is 24.0. The molecule has 1 saturated carbocycles. The maximum absolute atomic E-state index is 14.3. The predicted octanol–water partition coefficient (Wildman–Crippen LogP) is 7.08. The molecule has 2 saturated heterocycles. The number of alkyl halides is 3. The van der Waals surface area contributed by atoms with E-state index in [1.165, 1.54) is 17.7 Å². The van der Waals surface area contributed by atoms with Gasteiger partial charge in [0.15, 0.2) is 0 Å². The average Bonchev–Trinajstić information content (AvgIpc) is 3.75. The van der Waals surface area contributed by atoms with Gasteiger partial charge < -0.3 is 15.5 Å². The van der Waals surface area contributed by atoms with Gasteiger partial charge in [-0.05, 0) is 79.5 Å². The number of piperidine rings is 1. The molecule has 0 aromatic heterocycles. The Labute approximate surface area is 265 Å². The van der Waals surface area contributed by atoms with Crippen LogP contribution < -0.4 is 10.6 Å². The van der Waals surface area contributed by atoms with Crippen molar-refractivity contribution >= 4 is 35.0 Å². The fraction of sp³-hybridized carbons (Fsp3) is 0.412. The molecule has 10 heteroatoms. The third-order valence-corrected chi connectivity index (χ3v) is 9.93. The Kier molecular flexibility index (Phi) is 8.70. The minimum atomic E-state index is -4.46. The van der Waals surface area contributed by atoms with Gasteiger partial charge in [0.2, 0.25) is 11.8 Å². The maximum Gasteiger partial charge on any atom is 0.416 e. The van der Waals surface area contributed by atoms with Crippen LogP contribution in [0.5, 0.6) is 0 Å². The molecule has 3 aromatic carbocycles. The highest BCUT2D eigenvalue weighted by Crippen LogP contribution is 2.51. The molecular weight excluding hydrogens is 610 g/mol. The van der Waals surface area contributed by atoms with Gasteiger partial charge in [0.25, 0.3) is 0 Å². The summed E-state index contributed by atoms with van der Waals surface area (Å²) < 4.78 is 39.6. The first-order valence-electron chi connectivity index (χ1n) is 15.1. The summed E-state index contributed by atoms with van der Waals surface area (Å²) in [5, 5.41) is 7.52. The third kappa shape index (κ3) is 6.49. The van der Waals surface area contributed by atoms with Crippen LogP contribution in [0.15, 0.2) is 72.8 Å². The standard InChI is InChI=1S/C34H34Cl2F3N3O2/c35-24-10-13-28(29(36)17-24)33(14-15-33)32(44)41-30(16-21-6-8-23(9-7-21)34(37,38)39)31(43)42-26-11-12-27(42)19-25(18-26)40-20-22-4-2-1-3-5-22/h1-10,13,17,25-27,30,40H,11-12,14-16,18-20H2,(H,41,44)/t25?,26?,27?,30-/m0/s1. The number of hydrogen-bond acceptors (Lipinski definition) is 3. The van der Waals surface area contributed by atoms with Gasteiger partial charge in [-0.1, -0.05) is 71.7 Å². The van der Waals surface area contributed by atoms with E-state index in [0.717, 1.165) is 44.4 Å². The van der Waals surface area contributed by atoms with Gasteiger partial charge in [-0.3, -0.25) is 9.59 Å². The van der Waals surface area contributed by atoms with Gasteiger partial charge in [0.1, 0.15) is 6.04 Å². The number of benzene rings is 3. The summed E-state index contributed by atoms with van der Waals surface area (Å²) in [6.07, 6.45) is 0.141. The van der Waals surface area contributed by atoms with Crippen molar-refractivity contribution < 1.29 is 22.8 Å². The number of carbonyl (C=O) groups is 2. The van der Waals surface area contributed by atoms with Crippen LogP contribution in [0.1, 0.15) is 60.8 Å². The van der Waals surface area contributed by atoms with E-state index in [4.69, 9.17) is 23.2 Å². The van der Waals surface area contributed by atoms with Crippen LogP contribution in [0.25, 0.3) is 0 Å².